The van der Waals surface area contributed by atoms with Crippen LogP contribution in [0.5, 0.6) is 0 Å². The van der Waals surface area contributed by atoms with E-state index in [2.05, 4.69) is 5.32 Å². The number of nitriles is 1. The van der Waals surface area contributed by atoms with Crippen molar-refractivity contribution in [3.8, 4) is 6.07 Å². The molecule has 164 valence electrons. The van der Waals surface area contributed by atoms with Crippen LogP contribution in [-0.2, 0) is 15.7 Å². The monoisotopic (exact) mass is 435 g/mol. The van der Waals surface area contributed by atoms with Crippen LogP contribution in [0.1, 0.15) is 16.7 Å². The lowest BCUT2D eigenvalue weighted by atomic mass is 9.96. The molecule has 1 fully saturated rings. The zero-order valence-corrected chi connectivity index (χ0v) is 17.0. The number of benzene rings is 2. The lowest BCUT2D eigenvalue weighted by Gasteiger charge is -2.20. The van der Waals surface area contributed by atoms with Gasteiger partial charge in [-0.2, -0.15) is 18.4 Å². The van der Waals surface area contributed by atoms with E-state index in [9.17, 15) is 22.4 Å². The van der Waals surface area contributed by atoms with E-state index in [0.29, 0.717) is 17.8 Å². The minimum atomic E-state index is -4.66. The molecule has 2 atom stereocenters. The molecule has 3 rings (SSSR count). The number of amides is 1. The van der Waals surface area contributed by atoms with Crippen molar-refractivity contribution >= 4 is 17.3 Å². The van der Waals surface area contributed by atoms with Gasteiger partial charge in [0.2, 0.25) is 5.91 Å². The van der Waals surface area contributed by atoms with Crippen LogP contribution in [0.4, 0.5) is 28.9 Å². The molecule has 1 aliphatic heterocycles. The lowest BCUT2D eigenvalue weighted by molar-refractivity contribution is -0.137. The van der Waals surface area contributed by atoms with Crippen LogP contribution in [0, 0.1) is 35.9 Å². The number of halogens is 4. The van der Waals surface area contributed by atoms with Gasteiger partial charge in [0.05, 0.1) is 29.7 Å². The van der Waals surface area contributed by atoms with Gasteiger partial charge in [0.1, 0.15) is 5.82 Å². The minimum absolute atomic E-state index is 0.184. The van der Waals surface area contributed by atoms with Crippen molar-refractivity contribution in [2.45, 2.75) is 13.1 Å². The molecule has 1 saturated heterocycles. The molecule has 0 aliphatic carbocycles. The Morgan fingerprint density at radius 3 is 2.61 bits per heavy atom. The summed E-state index contributed by atoms with van der Waals surface area (Å²) >= 11 is 0. The summed E-state index contributed by atoms with van der Waals surface area (Å²) in [5.74, 6) is -1.50. The SMILES string of the molecule is COC[C@H]1CN(c2ccc(C#N)c(C(F)(F)F)c2)C[C@@H]1C(=O)Nc1ccc(F)c(C)c1. The quantitative estimate of drug-likeness (QED) is 0.709. The molecule has 0 bridgehead atoms. The van der Waals surface area contributed by atoms with Gasteiger partial charge in [-0.05, 0) is 48.9 Å². The fourth-order valence-electron chi connectivity index (χ4n) is 3.78. The summed E-state index contributed by atoms with van der Waals surface area (Å²) < 4.78 is 58.7. The molecule has 31 heavy (non-hydrogen) atoms. The number of hydrogen-bond acceptors (Lipinski definition) is 4. The van der Waals surface area contributed by atoms with Gasteiger partial charge in [-0.1, -0.05) is 0 Å². The number of methoxy groups -OCH3 is 1. The largest absolute Gasteiger partial charge is 0.417 e. The van der Waals surface area contributed by atoms with E-state index in [1.54, 1.807) is 17.9 Å². The number of nitrogens with one attached hydrogen (secondary N) is 1. The Kier molecular flexibility index (Phi) is 6.51. The summed E-state index contributed by atoms with van der Waals surface area (Å²) in [6, 6.07) is 9.31. The maximum absolute atomic E-state index is 13.5. The third-order valence-corrected chi connectivity index (χ3v) is 5.38. The smallest absolute Gasteiger partial charge is 0.384 e. The number of aryl methyl sites for hydroxylation is 1. The van der Waals surface area contributed by atoms with Crippen LogP contribution in [0.2, 0.25) is 0 Å². The van der Waals surface area contributed by atoms with Gasteiger partial charge in [-0.15, -0.1) is 0 Å². The highest BCUT2D eigenvalue weighted by Crippen LogP contribution is 2.36. The number of carbonyl (C=O) groups is 1. The van der Waals surface area contributed by atoms with Crippen molar-refractivity contribution < 1.29 is 27.1 Å². The maximum Gasteiger partial charge on any atom is 0.417 e. The second-order valence-electron chi connectivity index (χ2n) is 7.52. The molecule has 1 amide bonds. The predicted octanol–water partition coefficient (Wildman–Crippen LogP) is 4.36. The number of hydrogen-bond donors (Lipinski definition) is 1. The summed E-state index contributed by atoms with van der Waals surface area (Å²) in [5.41, 5.74) is -0.358. The second kappa shape index (κ2) is 8.94. The molecule has 5 nitrogen and oxygen atoms in total. The molecular formula is C22H21F4N3O2. The van der Waals surface area contributed by atoms with Crippen molar-refractivity contribution in [1.29, 1.82) is 5.26 Å². The first-order valence-electron chi connectivity index (χ1n) is 9.56. The first-order chi connectivity index (χ1) is 14.6. The molecule has 2 aromatic carbocycles. The van der Waals surface area contributed by atoms with E-state index < -0.39 is 23.2 Å². The molecule has 1 N–H and O–H groups in total. The molecule has 9 heteroatoms. The zero-order chi connectivity index (χ0) is 22.8. The van der Waals surface area contributed by atoms with Crippen LogP contribution in [-0.4, -0.2) is 32.7 Å². The van der Waals surface area contributed by atoms with Gasteiger partial charge in [0, 0.05) is 37.5 Å². The normalized spacial score (nSPS) is 18.7. The van der Waals surface area contributed by atoms with Gasteiger partial charge < -0.3 is 15.0 Å². The average Bonchev–Trinajstić information content (AvgIpc) is 3.14. The van der Waals surface area contributed by atoms with Crippen LogP contribution < -0.4 is 10.2 Å². The van der Waals surface area contributed by atoms with Gasteiger partial charge in [-0.25, -0.2) is 4.39 Å². The van der Waals surface area contributed by atoms with Crippen molar-refractivity contribution in [1.82, 2.24) is 0 Å². The zero-order valence-electron chi connectivity index (χ0n) is 17.0. The topological polar surface area (TPSA) is 65.4 Å². The summed E-state index contributed by atoms with van der Waals surface area (Å²) in [4.78, 5) is 14.6. The van der Waals surface area contributed by atoms with Gasteiger partial charge in [-0.3, -0.25) is 4.79 Å². The molecule has 0 aromatic heterocycles. The maximum atomic E-state index is 13.5. The number of carbonyl (C=O) groups excluding carboxylic acids is 1. The molecule has 2 aromatic rings. The fraction of sp³-hybridized carbons (Fsp3) is 0.364. The Hall–Kier alpha value is -3.12. The Bertz CT molecular complexity index is 1020. The number of ether oxygens (including phenoxy) is 1. The number of alkyl halides is 3. The summed E-state index contributed by atoms with van der Waals surface area (Å²) in [7, 11) is 1.49. The minimum Gasteiger partial charge on any atom is -0.384 e. The highest BCUT2D eigenvalue weighted by molar-refractivity contribution is 5.93. The second-order valence-corrected chi connectivity index (χ2v) is 7.52. The molecule has 1 aliphatic rings. The number of rotatable bonds is 5. The van der Waals surface area contributed by atoms with Crippen molar-refractivity contribution in [3.05, 3.63) is 58.9 Å². The third-order valence-electron chi connectivity index (χ3n) is 5.38. The molecule has 0 spiro atoms. The summed E-state index contributed by atoms with van der Waals surface area (Å²) in [6.45, 7) is 2.33. The Morgan fingerprint density at radius 2 is 2.00 bits per heavy atom. The molecular weight excluding hydrogens is 414 g/mol. The van der Waals surface area contributed by atoms with Crippen LogP contribution >= 0.6 is 0 Å². The molecule has 0 radical (unpaired) electrons. The van der Waals surface area contributed by atoms with Crippen molar-refractivity contribution in [2.24, 2.45) is 11.8 Å². The molecule has 0 unspecified atom stereocenters. The Balaban J connectivity index is 1.83. The van der Waals surface area contributed by atoms with E-state index in [-0.39, 0.29) is 36.5 Å². The van der Waals surface area contributed by atoms with E-state index >= 15 is 0 Å². The van der Waals surface area contributed by atoms with Crippen LogP contribution in [0.25, 0.3) is 0 Å². The fourth-order valence-corrected chi connectivity index (χ4v) is 3.78. The first-order valence-corrected chi connectivity index (χ1v) is 9.56. The van der Waals surface area contributed by atoms with E-state index in [4.69, 9.17) is 10.00 Å². The standard InChI is InChI=1S/C22H21F4N3O2/c1-13-7-16(4-6-20(13)23)28-21(30)18-11-29(10-15(18)12-31-2)17-5-3-14(9-27)19(8-17)22(24,25)26/h3-8,15,18H,10-12H2,1-2H3,(H,28,30)/t15-,18+/m1/s1. The third kappa shape index (κ3) is 4.97. The number of anilines is 2. The number of nitrogens with zero attached hydrogens (tertiary/aromatic N) is 2. The van der Waals surface area contributed by atoms with E-state index in [1.807, 2.05) is 0 Å². The first kappa shape index (κ1) is 22.6. The van der Waals surface area contributed by atoms with Crippen molar-refractivity contribution in [2.75, 3.05) is 37.0 Å². The van der Waals surface area contributed by atoms with Crippen LogP contribution in [0.3, 0.4) is 0 Å². The van der Waals surface area contributed by atoms with Crippen molar-refractivity contribution in [3.63, 3.8) is 0 Å². The Morgan fingerprint density at radius 1 is 1.26 bits per heavy atom. The Labute approximate surface area is 177 Å². The summed E-state index contributed by atoms with van der Waals surface area (Å²) in [6.07, 6.45) is -4.66. The lowest BCUT2D eigenvalue weighted by Crippen LogP contribution is -2.31. The van der Waals surface area contributed by atoms with Gasteiger partial charge in [0.15, 0.2) is 0 Å². The highest BCUT2D eigenvalue weighted by atomic mass is 19.4. The average molecular weight is 435 g/mol. The van der Waals surface area contributed by atoms with E-state index in [0.717, 1.165) is 12.1 Å². The predicted molar refractivity (Wildman–Crippen MR) is 107 cm³/mol. The van der Waals surface area contributed by atoms with Gasteiger partial charge in [0.25, 0.3) is 0 Å². The van der Waals surface area contributed by atoms with Crippen LogP contribution in [0.15, 0.2) is 36.4 Å². The molecule has 0 saturated carbocycles. The highest BCUT2D eigenvalue weighted by Gasteiger charge is 2.39. The van der Waals surface area contributed by atoms with Gasteiger partial charge >= 0.3 is 6.18 Å². The summed E-state index contributed by atoms with van der Waals surface area (Å²) in [5, 5.41) is 11.7. The molecule has 1 heterocycles. The van der Waals surface area contributed by atoms with E-state index in [1.165, 1.54) is 31.4 Å².